The van der Waals surface area contributed by atoms with E-state index in [1.165, 1.54) is 0 Å². The fourth-order valence-electron chi connectivity index (χ4n) is 1.14. The lowest BCUT2D eigenvalue weighted by atomic mass is 10.3. The predicted molar refractivity (Wildman–Crippen MR) is 75.5 cm³/mol. The Labute approximate surface area is 121 Å². The van der Waals surface area contributed by atoms with Gasteiger partial charge in [-0.2, -0.15) is 0 Å². The lowest BCUT2D eigenvalue weighted by Crippen LogP contribution is -1.93. The van der Waals surface area contributed by atoms with Gasteiger partial charge in [0.05, 0.1) is 11.6 Å². The zero-order valence-corrected chi connectivity index (χ0v) is 12.6. The van der Waals surface area contributed by atoms with Crippen LogP contribution in [-0.4, -0.2) is 17.1 Å². The molecule has 4 nitrogen and oxygen atoms in total. The van der Waals surface area contributed by atoms with Crippen molar-refractivity contribution in [1.29, 1.82) is 0 Å². The van der Waals surface area contributed by atoms with Gasteiger partial charge in [-0.25, -0.2) is 9.97 Å². The van der Waals surface area contributed by atoms with Crippen molar-refractivity contribution in [3.8, 4) is 17.5 Å². The maximum Gasteiger partial charge on any atom is 0.321 e. The van der Waals surface area contributed by atoms with Crippen LogP contribution in [0.5, 0.6) is 17.5 Å². The van der Waals surface area contributed by atoms with Gasteiger partial charge >= 0.3 is 6.01 Å². The van der Waals surface area contributed by atoms with E-state index in [0.717, 1.165) is 13.8 Å². The number of halogens is 2. The van der Waals surface area contributed by atoms with Gasteiger partial charge in [-0.05, 0) is 56.7 Å². The van der Waals surface area contributed by atoms with Crippen LogP contribution < -0.4 is 9.47 Å². The molecule has 0 amide bonds. The van der Waals surface area contributed by atoms with Gasteiger partial charge in [0, 0.05) is 16.0 Å². The molecule has 17 heavy (non-hydrogen) atoms. The Morgan fingerprint density at radius 1 is 1.24 bits per heavy atom. The monoisotopic (exact) mass is 406 g/mol. The highest BCUT2D eigenvalue weighted by Gasteiger charge is 2.06. The van der Waals surface area contributed by atoms with Crippen LogP contribution in [0.4, 0.5) is 0 Å². The van der Waals surface area contributed by atoms with E-state index in [0.29, 0.717) is 11.8 Å². The van der Waals surface area contributed by atoms with E-state index in [4.69, 9.17) is 9.47 Å². The molecule has 0 saturated carbocycles. The Morgan fingerprint density at radius 2 is 1.94 bits per heavy atom. The van der Waals surface area contributed by atoms with Crippen molar-refractivity contribution in [3.63, 3.8) is 0 Å². The quantitative estimate of drug-likeness (QED) is 0.730. The number of methoxy groups -OCH3 is 1. The molecule has 0 aliphatic rings. The lowest BCUT2D eigenvalue weighted by molar-refractivity contribution is 0.409. The first kappa shape index (κ1) is 12.6. The Balaban J connectivity index is 2.21. The van der Waals surface area contributed by atoms with E-state index in [1.807, 2.05) is 12.1 Å². The van der Waals surface area contributed by atoms with Crippen LogP contribution in [0.3, 0.4) is 0 Å². The molecule has 0 aliphatic heterocycles. The van der Waals surface area contributed by atoms with Crippen LogP contribution in [0.2, 0.25) is 0 Å². The summed E-state index contributed by atoms with van der Waals surface area (Å²) in [6.45, 7) is 0. The van der Waals surface area contributed by atoms with Gasteiger partial charge in [0.15, 0.2) is 0 Å². The molecule has 2 aromatic rings. The van der Waals surface area contributed by atoms with E-state index in [1.54, 1.807) is 25.6 Å². The fraction of sp³-hybridized carbons (Fsp3) is 0.0909. The Kier molecular flexibility index (Phi) is 4.16. The third-order valence-electron chi connectivity index (χ3n) is 1.94. The number of rotatable bonds is 3. The van der Waals surface area contributed by atoms with Gasteiger partial charge in [-0.15, -0.1) is 0 Å². The molecule has 1 aromatic carbocycles. The molecule has 0 unspecified atom stereocenters. The minimum atomic E-state index is 0.316. The summed E-state index contributed by atoms with van der Waals surface area (Å²) in [5.41, 5.74) is 0. The molecule has 0 spiro atoms. The molecule has 1 aromatic heterocycles. The van der Waals surface area contributed by atoms with Crippen molar-refractivity contribution in [2.24, 2.45) is 0 Å². The second-order valence-electron chi connectivity index (χ2n) is 3.08. The molecule has 88 valence electrons. The average Bonchev–Trinajstić information content (AvgIpc) is 2.34. The number of benzene rings is 1. The molecule has 1 heterocycles. The topological polar surface area (TPSA) is 44.2 Å². The number of hydrogen-bond donors (Lipinski definition) is 0. The third kappa shape index (κ3) is 3.29. The van der Waals surface area contributed by atoms with Crippen molar-refractivity contribution in [3.05, 3.63) is 38.6 Å². The van der Waals surface area contributed by atoms with Gasteiger partial charge in [-0.1, -0.05) is 0 Å². The second-order valence-corrected chi connectivity index (χ2v) is 5.18. The summed E-state index contributed by atoms with van der Waals surface area (Å²) >= 11 is 5.53. The molecule has 2 rings (SSSR count). The first-order chi connectivity index (χ1) is 8.19. The lowest BCUT2D eigenvalue weighted by Gasteiger charge is -2.07. The minimum absolute atomic E-state index is 0.316. The summed E-state index contributed by atoms with van der Waals surface area (Å²) in [4.78, 5) is 8.13. The van der Waals surface area contributed by atoms with Crippen LogP contribution in [0.15, 0.2) is 35.1 Å². The summed E-state index contributed by atoms with van der Waals surface area (Å²) in [6, 6.07) is 5.75. The molecule has 0 saturated heterocycles. The Morgan fingerprint density at radius 3 is 2.53 bits per heavy atom. The first-order valence-corrected chi connectivity index (χ1v) is 6.55. The van der Waals surface area contributed by atoms with Crippen LogP contribution in [0.25, 0.3) is 0 Å². The van der Waals surface area contributed by atoms with Crippen molar-refractivity contribution < 1.29 is 9.47 Å². The van der Waals surface area contributed by atoms with Gasteiger partial charge in [0.2, 0.25) is 0 Å². The molecule has 0 fully saturated rings. The zero-order valence-electron chi connectivity index (χ0n) is 8.85. The summed E-state index contributed by atoms with van der Waals surface area (Å²) in [5, 5.41) is 0. The van der Waals surface area contributed by atoms with Gasteiger partial charge in [-0.3, -0.25) is 0 Å². The summed E-state index contributed by atoms with van der Waals surface area (Å²) < 4.78 is 12.4. The normalized spacial score (nSPS) is 10.1. The van der Waals surface area contributed by atoms with Crippen molar-refractivity contribution >= 4 is 38.5 Å². The van der Waals surface area contributed by atoms with Crippen LogP contribution >= 0.6 is 38.5 Å². The molecular formula is C11H8BrIN2O2. The Hall–Kier alpha value is -0.890. The minimum Gasteiger partial charge on any atom is -0.497 e. The molecule has 0 N–H and O–H groups in total. The molecule has 6 heteroatoms. The number of ether oxygens (including phenoxy) is 2. The van der Waals surface area contributed by atoms with Crippen molar-refractivity contribution in [2.45, 2.75) is 0 Å². The smallest absolute Gasteiger partial charge is 0.321 e. The third-order valence-corrected chi connectivity index (χ3v) is 3.11. The Bertz CT molecular complexity index is 519. The van der Waals surface area contributed by atoms with Crippen molar-refractivity contribution in [2.75, 3.05) is 7.11 Å². The summed E-state index contributed by atoms with van der Waals surface area (Å²) in [5.74, 6) is 1.40. The second kappa shape index (κ2) is 5.63. The standard InChI is InChI=1S/C11H8BrIN2O2/c1-16-8-2-3-10(9(12)4-8)17-11-14-5-7(13)6-15-11/h2-6H,1H3. The largest absolute Gasteiger partial charge is 0.497 e. The number of nitrogens with zero attached hydrogens (tertiary/aromatic N) is 2. The molecule has 0 bridgehead atoms. The van der Waals surface area contributed by atoms with E-state index in [-0.39, 0.29) is 0 Å². The number of hydrogen-bond acceptors (Lipinski definition) is 4. The molecule has 0 radical (unpaired) electrons. The van der Waals surface area contributed by atoms with E-state index in [2.05, 4.69) is 48.5 Å². The summed E-state index contributed by atoms with van der Waals surface area (Å²) in [6.07, 6.45) is 3.39. The van der Waals surface area contributed by atoms with E-state index >= 15 is 0 Å². The van der Waals surface area contributed by atoms with Crippen LogP contribution in [0, 0.1) is 3.57 Å². The van der Waals surface area contributed by atoms with Crippen LogP contribution in [-0.2, 0) is 0 Å². The fourth-order valence-corrected chi connectivity index (χ4v) is 1.86. The van der Waals surface area contributed by atoms with Gasteiger partial charge in [0.1, 0.15) is 11.5 Å². The highest BCUT2D eigenvalue weighted by atomic mass is 127. The molecule has 0 aliphatic carbocycles. The van der Waals surface area contributed by atoms with E-state index < -0.39 is 0 Å². The zero-order chi connectivity index (χ0) is 12.3. The highest BCUT2D eigenvalue weighted by molar-refractivity contribution is 14.1. The van der Waals surface area contributed by atoms with Gasteiger partial charge in [0.25, 0.3) is 0 Å². The SMILES string of the molecule is COc1ccc(Oc2ncc(I)cn2)c(Br)c1. The van der Waals surface area contributed by atoms with Crippen molar-refractivity contribution in [1.82, 2.24) is 9.97 Å². The molecular weight excluding hydrogens is 399 g/mol. The predicted octanol–water partition coefficient (Wildman–Crippen LogP) is 3.64. The number of aromatic nitrogens is 2. The van der Waals surface area contributed by atoms with E-state index in [9.17, 15) is 0 Å². The van der Waals surface area contributed by atoms with Gasteiger partial charge < -0.3 is 9.47 Å². The van der Waals surface area contributed by atoms with Crippen LogP contribution in [0.1, 0.15) is 0 Å². The maximum atomic E-state index is 5.54. The molecule has 0 atom stereocenters. The summed E-state index contributed by atoms with van der Waals surface area (Å²) in [7, 11) is 1.62. The average molecular weight is 407 g/mol. The highest BCUT2D eigenvalue weighted by Crippen LogP contribution is 2.31. The first-order valence-electron chi connectivity index (χ1n) is 4.68. The maximum absolute atomic E-state index is 5.54.